The Morgan fingerprint density at radius 3 is 2.65 bits per heavy atom. The second-order valence-corrected chi connectivity index (χ2v) is 3.36. The Hall–Kier alpha value is -2.43. The largest absolute Gasteiger partial charge is 0.372 e. The fraction of sp³-hybridized carbons (Fsp3) is 0.0833. The van der Waals surface area contributed by atoms with E-state index in [2.05, 4.69) is 20.6 Å². The number of aromatic nitrogens is 2. The van der Waals surface area contributed by atoms with Crippen molar-refractivity contribution in [3.05, 3.63) is 48.4 Å². The number of nitrogens with one attached hydrogen (secondary N) is 2. The van der Waals surface area contributed by atoms with Crippen molar-refractivity contribution in [3.8, 4) is 0 Å². The molecule has 0 saturated carbocycles. The Balaban J connectivity index is 2.14. The first-order chi connectivity index (χ1) is 8.29. The number of carbonyl (C=O) groups is 1. The van der Waals surface area contributed by atoms with Gasteiger partial charge in [-0.3, -0.25) is 9.78 Å². The van der Waals surface area contributed by atoms with Gasteiger partial charge in [-0.25, -0.2) is 4.98 Å². The number of hydrogen-bond donors (Lipinski definition) is 2. The van der Waals surface area contributed by atoms with Gasteiger partial charge in [-0.2, -0.15) is 0 Å². The molecule has 1 aromatic carbocycles. The highest BCUT2D eigenvalue weighted by Crippen LogP contribution is 2.08. The molecule has 0 atom stereocenters. The summed E-state index contributed by atoms with van der Waals surface area (Å²) in [5, 5.41) is 5.57. The number of para-hydroxylation sites is 1. The van der Waals surface area contributed by atoms with Crippen LogP contribution in [0.3, 0.4) is 0 Å². The van der Waals surface area contributed by atoms with Crippen LogP contribution in [0.5, 0.6) is 0 Å². The first-order valence-electron chi connectivity index (χ1n) is 5.16. The first kappa shape index (κ1) is 11.1. The summed E-state index contributed by atoms with van der Waals surface area (Å²) in [6.07, 6.45) is 2.98. The summed E-state index contributed by atoms with van der Waals surface area (Å²) in [7, 11) is 1.73. The molecule has 0 aliphatic rings. The molecule has 1 amide bonds. The lowest BCUT2D eigenvalue weighted by molar-refractivity contribution is 0.102. The molecule has 0 bridgehead atoms. The van der Waals surface area contributed by atoms with Gasteiger partial charge in [-0.05, 0) is 12.1 Å². The van der Waals surface area contributed by atoms with Crippen molar-refractivity contribution in [2.24, 2.45) is 0 Å². The molecule has 0 aliphatic carbocycles. The summed E-state index contributed by atoms with van der Waals surface area (Å²) in [5.74, 6) is 0.284. The minimum absolute atomic E-state index is 0.277. The number of benzene rings is 1. The Labute approximate surface area is 98.9 Å². The summed E-state index contributed by atoms with van der Waals surface area (Å²) in [4.78, 5) is 19.9. The van der Waals surface area contributed by atoms with Crippen LogP contribution in [0.2, 0.25) is 0 Å². The van der Waals surface area contributed by atoms with Gasteiger partial charge in [0.15, 0.2) is 0 Å². The van der Waals surface area contributed by atoms with Crippen LogP contribution in [0.1, 0.15) is 10.5 Å². The molecule has 1 heterocycles. The third kappa shape index (κ3) is 2.78. The standard InChI is InChI=1S/C12H12N4O/c1-13-11-8-14-7-10(16-11)12(17)15-9-5-3-2-4-6-9/h2-8H,1H3,(H,13,16)(H,15,17). The molecule has 0 spiro atoms. The summed E-state index contributed by atoms with van der Waals surface area (Å²) in [6.45, 7) is 0. The fourth-order valence-electron chi connectivity index (χ4n) is 1.31. The number of anilines is 2. The lowest BCUT2D eigenvalue weighted by Gasteiger charge is -2.05. The maximum atomic E-state index is 11.8. The van der Waals surface area contributed by atoms with Crippen molar-refractivity contribution in [2.45, 2.75) is 0 Å². The third-order valence-corrected chi connectivity index (χ3v) is 2.15. The van der Waals surface area contributed by atoms with Crippen LogP contribution >= 0.6 is 0 Å². The molecule has 1 aromatic heterocycles. The third-order valence-electron chi connectivity index (χ3n) is 2.15. The summed E-state index contributed by atoms with van der Waals surface area (Å²) in [6, 6.07) is 9.22. The van der Waals surface area contributed by atoms with Crippen LogP contribution in [0.4, 0.5) is 11.5 Å². The normalized spacial score (nSPS) is 9.71. The summed E-state index contributed by atoms with van der Waals surface area (Å²) in [5.41, 5.74) is 1.01. The molecule has 2 rings (SSSR count). The Bertz CT molecular complexity index is 513. The number of rotatable bonds is 3. The highest BCUT2D eigenvalue weighted by atomic mass is 16.1. The molecule has 2 aromatic rings. The van der Waals surface area contributed by atoms with E-state index >= 15 is 0 Å². The fourth-order valence-corrected chi connectivity index (χ4v) is 1.31. The topological polar surface area (TPSA) is 66.9 Å². The Kier molecular flexibility index (Phi) is 3.30. The van der Waals surface area contributed by atoms with Gasteiger partial charge in [-0.1, -0.05) is 18.2 Å². The summed E-state index contributed by atoms with van der Waals surface area (Å²) >= 11 is 0. The zero-order valence-corrected chi connectivity index (χ0v) is 9.34. The lowest BCUT2D eigenvalue weighted by Crippen LogP contribution is -2.14. The smallest absolute Gasteiger partial charge is 0.275 e. The van der Waals surface area contributed by atoms with E-state index in [1.807, 2.05) is 30.3 Å². The van der Waals surface area contributed by atoms with Crippen LogP contribution in [0, 0.1) is 0 Å². The predicted octanol–water partition coefficient (Wildman–Crippen LogP) is 1.77. The monoisotopic (exact) mass is 228 g/mol. The molecular weight excluding hydrogens is 216 g/mol. The Morgan fingerprint density at radius 2 is 1.94 bits per heavy atom. The van der Waals surface area contributed by atoms with E-state index in [-0.39, 0.29) is 11.6 Å². The molecule has 5 nitrogen and oxygen atoms in total. The average Bonchev–Trinajstić information content (AvgIpc) is 2.40. The van der Waals surface area contributed by atoms with Gasteiger partial charge in [0, 0.05) is 12.7 Å². The number of amides is 1. The zero-order chi connectivity index (χ0) is 12.1. The number of carbonyl (C=O) groups excluding carboxylic acids is 1. The Morgan fingerprint density at radius 1 is 1.18 bits per heavy atom. The van der Waals surface area contributed by atoms with E-state index in [0.717, 1.165) is 5.69 Å². The lowest BCUT2D eigenvalue weighted by atomic mass is 10.3. The number of hydrogen-bond acceptors (Lipinski definition) is 4. The van der Waals surface area contributed by atoms with E-state index in [0.29, 0.717) is 5.82 Å². The van der Waals surface area contributed by atoms with Gasteiger partial charge < -0.3 is 10.6 Å². The van der Waals surface area contributed by atoms with Crippen LogP contribution in [0.25, 0.3) is 0 Å². The van der Waals surface area contributed by atoms with Crippen molar-refractivity contribution in [1.82, 2.24) is 9.97 Å². The highest BCUT2D eigenvalue weighted by molar-refractivity contribution is 6.02. The zero-order valence-electron chi connectivity index (χ0n) is 9.34. The first-order valence-corrected chi connectivity index (χ1v) is 5.16. The van der Waals surface area contributed by atoms with Crippen LogP contribution in [-0.4, -0.2) is 22.9 Å². The van der Waals surface area contributed by atoms with E-state index in [9.17, 15) is 4.79 Å². The van der Waals surface area contributed by atoms with Crippen LogP contribution < -0.4 is 10.6 Å². The average molecular weight is 228 g/mol. The van der Waals surface area contributed by atoms with E-state index in [1.165, 1.54) is 6.20 Å². The molecule has 0 unspecified atom stereocenters. The van der Waals surface area contributed by atoms with Crippen molar-refractivity contribution in [3.63, 3.8) is 0 Å². The minimum Gasteiger partial charge on any atom is -0.372 e. The second kappa shape index (κ2) is 5.07. The second-order valence-electron chi connectivity index (χ2n) is 3.36. The molecule has 2 N–H and O–H groups in total. The quantitative estimate of drug-likeness (QED) is 0.840. The van der Waals surface area contributed by atoms with Crippen molar-refractivity contribution in [1.29, 1.82) is 0 Å². The summed E-state index contributed by atoms with van der Waals surface area (Å²) < 4.78 is 0. The van der Waals surface area contributed by atoms with Crippen molar-refractivity contribution in [2.75, 3.05) is 17.7 Å². The van der Waals surface area contributed by atoms with Crippen LogP contribution in [-0.2, 0) is 0 Å². The molecule has 86 valence electrons. The van der Waals surface area contributed by atoms with Gasteiger partial charge in [-0.15, -0.1) is 0 Å². The molecule has 0 aliphatic heterocycles. The van der Waals surface area contributed by atoms with Gasteiger partial charge in [0.05, 0.1) is 12.4 Å². The van der Waals surface area contributed by atoms with Crippen LogP contribution in [0.15, 0.2) is 42.7 Å². The molecule has 17 heavy (non-hydrogen) atoms. The maximum Gasteiger partial charge on any atom is 0.275 e. The molecule has 0 saturated heterocycles. The molecule has 0 fully saturated rings. The maximum absolute atomic E-state index is 11.8. The highest BCUT2D eigenvalue weighted by Gasteiger charge is 2.08. The van der Waals surface area contributed by atoms with E-state index < -0.39 is 0 Å². The predicted molar refractivity (Wildman–Crippen MR) is 66.0 cm³/mol. The van der Waals surface area contributed by atoms with Gasteiger partial charge in [0.2, 0.25) is 0 Å². The van der Waals surface area contributed by atoms with Gasteiger partial charge >= 0.3 is 0 Å². The van der Waals surface area contributed by atoms with Crippen molar-refractivity contribution < 1.29 is 4.79 Å². The SMILES string of the molecule is CNc1cncc(C(=O)Nc2ccccc2)n1. The number of nitrogens with zero attached hydrogens (tertiary/aromatic N) is 2. The van der Waals surface area contributed by atoms with Gasteiger partial charge in [0.1, 0.15) is 11.5 Å². The molecule has 5 heteroatoms. The van der Waals surface area contributed by atoms with E-state index in [1.54, 1.807) is 13.2 Å². The molecular formula is C12H12N4O. The molecule has 0 radical (unpaired) electrons. The van der Waals surface area contributed by atoms with E-state index in [4.69, 9.17) is 0 Å². The van der Waals surface area contributed by atoms with Gasteiger partial charge in [0.25, 0.3) is 5.91 Å². The minimum atomic E-state index is -0.277. The van der Waals surface area contributed by atoms with Crippen molar-refractivity contribution >= 4 is 17.4 Å².